The van der Waals surface area contributed by atoms with Gasteiger partial charge in [0.2, 0.25) is 0 Å². The van der Waals surface area contributed by atoms with Gasteiger partial charge in [0, 0.05) is 10.9 Å². The minimum Gasteiger partial charge on any atom is -0.493 e. The number of aromatic carboxylic acids is 1. The van der Waals surface area contributed by atoms with Crippen LogP contribution in [0.2, 0.25) is 0 Å². The number of carboxylic acid groups (broad SMARTS) is 1. The molecule has 1 heterocycles. The SMILES string of the molecule is CCc1ccc(OCCOc2cc(-c3nc(C(=O)O)cs3)ccc2OC)cc1. The van der Waals surface area contributed by atoms with Crippen molar-refractivity contribution >= 4 is 17.3 Å². The Bertz CT molecular complexity index is 936. The van der Waals surface area contributed by atoms with Gasteiger partial charge in [-0.25, -0.2) is 9.78 Å². The van der Waals surface area contributed by atoms with E-state index in [0.717, 1.165) is 17.7 Å². The van der Waals surface area contributed by atoms with Gasteiger partial charge in [-0.2, -0.15) is 0 Å². The van der Waals surface area contributed by atoms with Gasteiger partial charge in [-0.15, -0.1) is 11.3 Å². The summed E-state index contributed by atoms with van der Waals surface area (Å²) in [5.41, 5.74) is 2.06. The van der Waals surface area contributed by atoms with Crippen LogP contribution < -0.4 is 14.2 Å². The number of thiazole rings is 1. The van der Waals surface area contributed by atoms with Gasteiger partial charge >= 0.3 is 5.97 Å². The maximum Gasteiger partial charge on any atom is 0.355 e. The summed E-state index contributed by atoms with van der Waals surface area (Å²) in [7, 11) is 1.57. The summed E-state index contributed by atoms with van der Waals surface area (Å²) < 4.78 is 16.9. The molecular weight excluding hydrogens is 378 g/mol. The Kier molecular flexibility index (Phi) is 6.49. The van der Waals surface area contributed by atoms with Crippen molar-refractivity contribution < 1.29 is 24.1 Å². The van der Waals surface area contributed by atoms with E-state index in [1.165, 1.54) is 22.3 Å². The van der Waals surface area contributed by atoms with E-state index < -0.39 is 5.97 Å². The zero-order valence-corrected chi connectivity index (χ0v) is 16.5. The third-order valence-corrected chi connectivity index (χ3v) is 4.97. The molecule has 146 valence electrons. The lowest BCUT2D eigenvalue weighted by atomic mass is 10.2. The fourth-order valence-corrected chi connectivity index (χ4v) is 3.35. The van der Waals surface area contributed by atoms with Gasteiger partial charge in [-0.05, 0) is 42.3 Å². The molecule has 0 unspecified atom stereocenters. The van der Waals surface area contributed by atoms with Crippen molar-refractivity contribution in [2.45, 2.75) is 13.3 Å². The second-order valence-electron chi connectivity index (χ2n) is 5.90. The second kappa shape index (κ2) is 9.23. The predicted octanol–water partition coefficient (Wildman–Crippen LogP) is 4.54. The summed E-state index contributed by atoms with van der Waals surface area (Å²) in [5.74, 6) is 0.894. The molecule has 0 amide bonds. The van der Waals surface area contributed by atoms with Crippen molar-refractivity contribution in [3.05, 3.63) is 59.1 Å². The number of hydrogen-bond acceptors (Lipinski definition) is 6. The van der Waals surface area contributed by atoms with Crippen molar-refractivity contribution in [3.8, 4) is 27.8 Å². The third kappa shape index (κ3) is 4.80. The molecule has 6 nitrogen and oxygen atoms in total. The van der Waals surface area contributed by atoms with E-state index in [1.54, 1.807) is 19.2 Å². The van der Waals surface area contributed by atoms with Gasteiger partial charge in [0.15, 0.2) is 17.2 Å². The molecule has 0 fully saturated rings. The summed E-state index contributed by atoms with van der Waals surface area (Å²) in [6.07, 6.45) is 0.993. The molecule has 2 aromatic carbocycles. The number of methoxy groups -OCH3 is 1. The average Bonchev–Trinajstić information content (AvgIpc) is 3.22. The van der Waals surface area contributed by atoms with E-state index in [0.29, 0.717) is 29.7 Å². The Morgan fingerprint density at radius 1 is 1.07 bits per heavy atom. The quantitative estimate of drug-likeness (QED) is 0.533. The minimum atomic E-state index is -1.04. The maximum absolute atomic E-state index is 11.0. The van der Waals surface area contributed by atoms with Crippen LogP contribution in [0.3, 0.4) is 0 Å². The highest BCUT2D eigenvalue weighted by molar-refractivity contribution is 7.13. The first-order chi connectivity index (χ1) is 13.6. The van der Waals surface area contributed by atoms with Crippen LogP contribution in [0.5, 0.6) is 17.2 Å². The van der Waals surface area contributed by atoms with Gasteiger partial charge in [0.05, 0.1) is 7.11 Å². The number of carbonyl (C=O) groups is 1. The third-order valence-electron chi connectivity index (χ3n) is 4.08. The smallest absolute Gasteiger partial charge is 0.355 e. The lowest BCUT2D eigenvalue weighted by Crippen LogP contribution is -2.09. The Morgan fingerprint density at radius 3 is 2.46 bits per heavy atom. The van der Waals surface area contributed by atoms with Gasteiger partial charge in [-0.1, -0.05) is 19.1 Å². The van der Waals surface area contributed by atoms with Gasteiger partial charge in [0.25, 0.3) is 0 Å². The molecule has 0 aliphatic rings. The van der Waals surface area contributed by atoms with Crippen LogP contribution in [-0.2, 0) is 6.42 Å². The van der Waals surface area contributed by atoms with E-state index >= 15 is 0 Å². The number of ether oxygens (including phenoxy) is 3. The summed E-state index contributed by atoms with van der Waals surface area (Å²) in [5, 5.41) is 11.2. The molecule has 0 saturated carbocycles. The fraction of sp³-hybridized carbons (Fsp3) is 0.238. The van der Waals surface area contributed by atoms with Crippen molar-refractivity contribution in [3.63, 3.8) is 0 Å². The minimum absolute atomic E-state index is 0.0285. The van der Waals surface area contributed by atoms with Crippen LogP contribution in [0, 0.1) is 0 Å². The highest BCUT2D eigenvalue weighted by atomic mass is 32.1. The largest absolute Gasteiger partial charge is 0.493 e. The predicted molar refractivity (Wildman–Crippen MR) is 108 cm³/mol. The van der Waals surface area contributed by atoms with Crippen LogP contribution in [0.1, 0.15) is 23.0 Å². The molecule has 1 aromatic heterocycles. The number of aromatic nitrogens is 1. The van der Waals surface area contributed by atoms with E-state index in [-0.39, 0.29) is 5.69 Å². The van der Waals surface area contributed by atoms with Crippen LogP contribution >= 0.6 is 11.3 Å². The molecule has 28 heavy (non-hydrogen) atoms. The second-order valence-corrected chi connectivity index (χ2v) is 6.76. The number of rotatable bonds is 9. The molecule has 0 spiro atoms. The molecule has 0 aliphatic carbocycles. The van der Waals surface area contributed by atoms with Crippen LogP contribution in [0.15, 0.2) is 47.8 Å². The monoisotopic (exact) mass is 399 g/mol. The van der Waals surface area contributed by atoms with Gasteiger partial charge in [-0.3, -0.25) is 0 Å². The summed E-state index contributed by atoms with van der Waals surface area (Å²) >= 11 is 1.27. The number of aryl methyl sites for hydroxylation is 1. The molecule has 0 aliphatic heterocycles. The zero-order valence-electron chi connectivity index (χ0n) is 15.7. The molecule has 3 aromatic rings. The Hall–Kier alpha value is -3.06. The number of benzene rings is 2. The van der Waals surface area contributed by atoms with E-state index in [4.69, 9.17) is 19.3 Å². The lowest BCUT2D eigenvalue weighted by Gasteiger charge is -2.12. The van der Waals surface area contributed by atoms with Crippen LogP contribution in [-0.4, -0.2) is 36.4 Å². The first-order valence-corrected chi connectivity index (χ1v) is 9.70. The van der Waals surface area contributed by atoms with Crippen molar-refractivity contribution in [1.29, 1.82) is 0 Å². The highest BCUT2D eigenvalue weighted by Crippen LogP contribution is 2.33. The molecule has 1 N–H and O–H groups in total. The first kappa shape index (κ1) is 19.7. The molecule has 0 radical (unpaired) electrons. The van der Waals surface area contributed by atoms with Gasteiger partial charge < -0.3 is 19.3 Å². The van der Waals surface area contributed by atoms with E-state index in [9.17, 15) is 4.79 Å². The van der Waals surface area contributed by atoms with Crippen LogP contribution in [0.25, 0.3) is 10.6 Å². The molecule has 7 heteroatoms. The van der Waals surface area contributed by atoms with E-state index in [2.05, 4.69) is 11.9 Å². The van der Waals surface area contributed by atoms with Crippen molar-refractivity contribution in [2.75, 3.05) is 20.3 Å². The molecular formula is C21H21NO5S. The van der Waals surface area contributed by atoms with E-state index in [1.807, 2.05) is 30.3 Å². The Balaban J connectivity index is 1.63. The number of hydrogen-bond donors (Lipinski definition) is 1. The number of nitrogens with zero attached hydrogens (tertiary/aromatic N) is 1. The fourth-order valence-electron chi connectivity index (χ4n) is 2.56. The summed E-state index contributed by atoms with van der Waals surface area (Å²) in [4.78, 5) is 15.2. The van der Waals surface area contributed by atoms with Crippen molar-refractivity contribution in [2.24, 2.45) is 0 Å². The molecule has 0 saturated heterocycles. The normalized spacial score (nSPS) is 10.5. The van der Waals surface area contributed by atoms with Gasteiger partial charge in [0.1, 0.15) is 24.0 Å². The standard InChI is InChI=1S/C21H21NO5S/c1-3-14-4-7-16(8-5-14)26-10-11-27-19-12-15(6-9-18(19)25-2)20-22-17(13-28-20)21(23)24/h4-9,12-13H,3,10-11H2,1-2H3,(H,23,24). The van der Waals surface area contributed by atoms with Crippen molar-refractivity contribution in [1.82, 2.24) is 4.98 Å². The van der Waals surface area contributed by atoms with Crippen LogP contribution in [0.4, 0.5) is 0 Å². The Morgan fingerprint density at radius 2 is 1.82 bits per heavy atom. The molecule has 3 rings (SSSR count). The lowest BCUT2D eigenvalue weighted by molar-refractivity contribution is 0.0691. The maximum atomic E-state index is 11.0. The zero-order chi connectivity index (χ0) is 19.9. The summed E-state index contributed by atoms with van der Waals surface area (Å²) in [6, 6.07) is 13.4. The molecule has 0 bridgehead atoms. The summed E-state index contributed by atoms with van der Waals surface area (Å²) in [6.45, 7) is 2.84. The highest BCUT2D eigenvalue weighted by Gasteiger charge is 2.13. The Labute approximate surface area is 167 Å². The number of carboxylic acids is 1. The first-order valence-electron chi connectivity index (χ1n) is 8.82. The molecule has 0 atom stereocenters. The average molecular weight is 399 g/mol. The topological polar surface area (TPSA) is 77.9 Å².